The second-order valence-corrected chi connectivity index (χ2v) is 5.24. The van der Waals surface area contributed by atoms with Gasteiger partial charge in [0.2, 0.25) is 0 Å². The minimum absolute atomic E-state index is 0.0821. The second-order valence-electron chi connectivity index (χ2n) is 5.24. The van der Waals surface area contributed by atoms with Crippen LogP contribution in [0.15, 0.2) is 54.7 Å². The molecule has 0 unspecified atom stereocenters. The molecule has 0 aliphatic rings. The Morgan fingerprint density at radius 2 is 1.58 bits per heavy atom. The normalized spacial score (nSPS) is 10.5. The quantitative estimate of drug-likeness (QED) is 0.666. The van der Waals surface area contributed by atoms with Gasteiger partial charge in [0.25, 0.3) is 5.91 Å². The van der Waals surface area contributed by atoms with Crippen LogP contribution in [0.3, 0.4) is 0 Å². The van der Waals surface area contributed by atoms with E-state index in [1.165, 1.54) is 24.4 Å². The molecule has 8 heteroatoms. The van der Waals surface area contributed by atoms with E-state index < -0.39 is 29.2 Å². The average Bonchev–Trinajstić information content (AvgIpc) is 2.62. The fraction of sp³-hybridized carbons (Fsp3) is 0. The molecule has 0 saturated carbocycles. The Labute approximate surface area is 145 Å². The number of aromatic nitrogens is 1. The molecule has 0 radical (unpaired) electrons. The number of pyridine rings is 1. The van der Waals surface area contributed by atoms with Crippen molar-refractivity contribution >= 4 is 23.1 Å². The van der Waals surface area contributed by atoms with E-state index in [0.29, 0.717) is 5.69 Å². The Balaban J connectivity index is 1.71. The van der Waals surface area contributed by atoms with Gasteiger partial charge in [0.1, 0.15) is 23.1 Å². The molecule has 0 fully saturated rings. The van der Waals surface area contributed by atoms with Crippen molar-refractivity contribution in [2.75, 3.05) is 10.6 Å². The number of nitrogens with one attached hydrogen (secondary N) is 2. The van der Waals surface area contributed by atoms with E-state index in [4.69, 9.17) is 0 Å². The predicted octanol–water partition coefficient (Wildman–Crippen LogP) is 4.63. The number of carbonyl (C=O) groups is 1. The van der Waals surface area contributed by atoms with Gasteiger partial charge in [0.15, 0.2) is 11.6 Å². The zero-order chi connectivity index (χ0) is 18.7. The Morgan fingerprint density at radius 3 is 2.19 bits per heavy atom. The lowest BCUT2D eigenvalue weighted by Crippen LogP contribution is -2.13. The lowest BCUT2D eigenvalue weighted by molar-refractivity contribution is 0.102. The first-order valence-corrected chi connectivity index (χ1v) is 7.37. The predicted molar refractivity (Wildman–Crippen MR) is 88.2 cm³/mol. The van der Waals surface area contributed by atoms with Crippen molar-refractivity contribution in [2.24, 2.45) is 0 Å². The number of halogens is 4. The van der Waals surface area contributed by atoms with E-state index in [1.54, 1.807) is 0 Å². The summed E-state index contributed by atoms with van der Waals surface area (Å²) in [5, 5.41) is 4.95. The van der Waals surface area contributed by atoms with Crippen LogP contribution < -0.4 is 10.6 Å². The first-order chi connectivity index (χ1) is 12.4. The summed E-state index contributed by atoms with van der Waals surface area (Å²) in [4.78, 5) is 15.9. The highest BCUT2D eigenvalue weighted by atomic mass is 19.2. The molecule has 2 N–H and O–H groups in total. The lowest BCUT2D eigenvalue weighted by atomic mass is 10.2. The van der Waals surface area contributed by atoms with E-state index in [0.717, 1.165) is 30.3 Å². The summed E-state index contributed by atoms with van der Waals surface area (Å²) in [5.41, 5.74) is -0.117. The number of para-hydroxylation sites is 1. The van der Waals surface area contributed by atoms with Crippen LogP contribution in [-0.4, -0.2) is 10.9 Å². The summed E-state index contributed by atoms with van der Waals surface area (Å²) < 4.78 is 53.3. The van der Waals surface area contributed by atoms with Crippen LogP contribution in [0.2, 0.25) is 0 Å². The molecule has 3 rings (SSSR count). The number of benzene rings is 2. The zero-order valence-corrected chi connectivity index (χ0v) is 13.1. The van der Waals surface area contributed by atoms with Gasteiger partial charge < -0.3 is 10.6 Å². The van der Waals surface area contributed by atoms with Gasteiger partial charge in [-0.3, -0.25) is 4.79 Å². The fourth-order valence-electron chi connectivity index (χ4n) is 2.13. The number of amides is 1. The van der Waals surface area contributed by atoms with Crippen LogP contribution in [-0.2, 0) is 0 Å². The lowest BCUT2D eigenvalue weighted by Gasteiger charge is -2.09. The fourth-order valence-corrected chi connectivity index (χ4v) is 2.13. The molecule has 132 valence electrons. The molecule has 3 aromatic rings. The molecule has 0 saturated heterocycles. The van der Waals surface area contributed by atoms with Crippen molar-refractivity contribution in [1.82, 2.24) is 4.98 Å². The van der Waals surface area contributed by atoms with E-state index >= 15 is 0 Å². The first kappa shape index (κ1) is 17.4. The summed E-state index contributed by atoms with van der Waals surface area (Å²) in [6, 6.07) is 9.02. The van der Waals surface area contributed by atoms with Crippen molar-refractivity contribution < 1.29 is 22.4 Å². The molecule has 4 nitrogen and oxygen atoms in total. The van der Waals surface area contributed by atoms with E-state index in [9.17, 15) is 22.4 Å². The highest BCUT2D eigenvalue weighted by molar-refractivity contribution is 6.03. The number of carbonyl (C=O) groups excluding carboxylic acids is 1. The molecule has 0 aliphatic carbocycles. The molecule has 1 aromatic heterocycles. The SMILES string of the molecule is O=C(Nc1ccc(Nc2c(F)cccc2F)cn1)c1ccc(F)c(F)c1. The van der Waals surface area contributed by atoms with E-state index in [1.807, 2.05) is 0 Å². The third-order valence-electron chi connectivity index (χ3n) is 3.42. The Hall–Kier alpha value is -3.42. The minimum atomic E-state index is -1.14. The summed E-state index contributed by atoms with van der Waals surface area (Å²) >= 11 is 0. The Kier molecular flexibility index (Phi) is 4.83. The smallest absolute Gasteiger partial charge is 0.256 e. The van der Waals surface area contributed by atoms with Gasteiger partial charge in [-0.15, -0.1) is 0 Å². The number of hydrogen-bond acceptors (Lipinski definition) is 3. The molecule has 26 heavy (non-hydrogen) atoms. The van der Waals surface area contributed by atoms with Crippen LogP contribution in [0.4, 0.5) is 34.8 Å². The standard InChI is InChI=1S/C18H11F4N3O/c19-12-6-4-10(8-15(12)22)18(26)25-16-7-5-11(9-23-16)24-17-13(20)2-1-3-14(17)21/h1-9,24H,(H,23,25,26). The molecule has 0 bridgehead atoms. The van der Waals surface area contributed by atoms with Crippen LogP contribution in [0.25, 0.3) is 0 Å². The molecule has 1 heterocycles. The number of anilines is 3. The Bertz CT molecular complexity index is 941. The van der Waals surface area contributed by atoms with Gasteiger partial charge in [-0.1, -0.05) is 6.07 Å². The summed E-state index contributed by atoms with van der Waals surface area (Å²) in [7, 11) is 0. The number of hydrogen-bond donors (Lipinski definition) is 2. The van der Waals surface area contributed by atoms with Crippen molar-refractivity contribution in [2.45, 2.75) is 0 Å². The molecule has 0 aliphatic heterocycles. The van der Waals surface area contributed by atoms with Gasteiger partial charge >= 0.3 is 0 Å². The molecular formula is C18H11F4N3O. The highest BCUT2D eigenvalue weighted by Gasteiger charge is 2.11. The zero-order valence-electron chi connectivity index (χ0n) is 13.1. The third-order valence-corrected chi connectivity index (χ3v) is 3.42. The number of nitrogens with zero attached hydrogens (tertiary/aromatic N) is 1. The largest absolute Gasteiger partial charge is 0.349 e. The maximum absolute atomic E-state index is 13.6. The second kappa shape index (κ2) is 7.22. The molecule has 2 aromatic carbocycles. The van der Waals surface area contributed by atoms with Gasteiger partial charge in [0, 0.05) is 5.56 Å². The summed E-state index contributed by atoms with van der Waals surface area (Å²) in [6.45, 7) is 0. The van der Waals surface area contributed by atoms with Crippen LogP contribution in [0, 0.1) is 23.3 Å². The summed E-state index contributed by atoms with van der Waals surface area (Å²) in [6.07, 6.45) is 1.26. The topological polar surface area (TPSA) is 54.0 Å². The van der Waals surface area contributed by atoms with Crippen molar-refractivity contribution in [3.8, 4) is 0 Å². The first-order valence-electron chi connectivity index (χ1n) is 7.37. The van der Waals surface area contributed by atoms with Crippen molar-refractivity contribution in [3.63, 3.8) is 0 Å². The minimum Gasteiger partial charge on any atom is -0.349 e. The molecule has 0 spiro atoms. The van der Waals surface area contributed by atoms with Crippen molar-refractivity contribution in [1.29, 1.82) is 0 Å². The van der Waals surface area contributed by atoms with E-state index in [-0.39, 0.29) is 17.1 Å². The number of rotatable bonds is 4. The molecular weight excluding hydrogens is 350 g/mol. The van der Waals surface area contributed by atoms with Crippen molar-refractivity contribution in [3.05, 3.63) is 83.6 Å². The monoisotopic (exact) mass is 361 g/mol. The van der Waals surface area contributed by atoms with Gasteiger partial charge in [-0.25, -0.2) is 22.5 Å². The summed E-state index contributed by atoms with van der Waals surface area (Å²) in [5.74, 6) is -4.29. The maximum atomic E-state index is 13.6. The Morgan fingerprint density at radius 1 is 0.846 bits per heavy atom. The maximum Gasteiger partial charge on any atom is 0.256 e. The van der Waals surface area contributed by atoms with Crippen LogP contribution in [0.1, 0.15) is 10.4 Å². The highest BCUT2D eigenvalue weighted by Crippen LogP contribution is 2.23. The van der Waals surface area contributed by atoms with Gasteiger partial charge in [-0.05, 0) is 42.5 Å². The molecule has 0 atom stereocenters. The van der Waals surface area contributed by atoms with E-state index in [2.05, 4.69) is 15.6 Å². The molecule has 1 amide bonds. The van der Waals surface area contributed by atoms with Gasteiger partial charge in [0.05, 0.1) is 11.9 Å². The van der Waals surface area contributed by atoms with Crippen LogP contribution in [0.5, 0.6) is 0 Å². The van der Waals surface area contributed by atoms with Gasteiger partial charge in [-0.2, -0.15) is 0 Å². The van der Waals surface area contributed by atoms with Crippen LogP contribution >= 0.6 is 0 Å². The third kappa shape index (κ3) is 3.80. The average molecular weight is 361 g/mol.